The van der Waals surface area contributed by atoms with Crippen LogP contribution >= 0.6 is 11.8 Å². The zero-order chi connectivity index (χ0) is 9.80. The molecule has 1 N–H and O–H groups in total. The number of nitrogens with one attached hydrogen (secondary N) is 1. The Bertz CT molecular complexity index is 166. The Morgan fingerprint density at radius 3 is 2.21 bits per heavy atom. The largest absolute Gasteiger partial charge is 0.381 e. The summed E-state index contributed by atoms with van der Waals surface area (Å²) in [7, 11) is 0. The highest BCUT2D eigenvalue weighted by Crippen LogP contribution is 2.15. The molecule has 0 radical (unpaired) electrons. The second-order valence-corrected chi connectivity index (χ2v) is 4.72. The topological polar surface area (TPSA) is 24.5 Å². The monoisotopic (exact) mass is 218 g/mol. The molecule has 0 aromatic rings. The molecule has 0 spiro atoms. The molecule has 2 rings (SSSR count). The Hall–Kier alpha value is 0.170. The first-order valence-corrected chi connectivity index (χ1v) is 5.93. The van der Waals surface area contributed by atoms with Gasteiger partial charge in [0, 0.05) is 38.4 Å². The highest BCUT2D eigenvalue weighted by atomic mass is 35.5. The van der Waals surface area contributed by atoms with Gasteiger partial charge >= 0.3 is 0 Å². The molecule has 2 aliphatic heterocycles. The summed E-state index contributed by atoms with van der Waals surface area (Å²) >= 11 is 5.91. The lowest BCUT2D eigenvalue weighted by molar-refractivity contribution is 0.0725. The molecule has 3 nitrogen and oxygen atoms in total. The highest BCUT2D eigenvalue weighted by molar-refractivity contribution is 6.13. The lowest BCUT2D eigenvalue weighted by atomic mass is 10.0. The van der Waals surface area contributed by atoms with Gasteiger partial charge in [-0.05, 0) is 37.5 Å². The van der Waals surface area contributed by atoms with Gasteiger partial charge in [-0.2, -0.15) is 0 Å². The fourth-order valence-electron chi connectivity index (χ4n) is 2.21. The fraction of sp³-hybridized carbons (Fsp3) is 1.00. The minimum Gasteiger partial charge on any atom is -0.381 e. The smallest absolute Gasteiger partial charge is 0.0480 e. The van der Waals surface area contributed by atoms with Gasteiger partial charge in [-0.25, -0.2) is 4.42 Å². The van der Waals surface area contributed by atoms with Gasteiger partial charge in [-0.1, -0.05) is 0 Å². The van der Waals surface area contributed by atoms with Crippen molar-refractivity contribution in [3.63, 3.8) is 0 Å². The van der Waals surface area contributed by atoms with Crippen molar-refractivity contribution < 1.29 is 4.74 Å². The normalized spacial score (nSPS) is 28.1. The molecule has 0 aromatic carbocycles. The molecule has 2 saturated heterocycles. The maximum atomic E-state index is 5.91. The van der Waals surface area contributed by atoms with Gasteiger partial charge in [0.15, 0.2) is 0 Å². The molecule has 0 aliphatic carbocycles. The van der Waals surface area contributed by atoms with Gasteiger partial charge in [0.2, 0.25) is 0 Å². The van der Waals surface area contributed by atoms with Gasteiger partial charge in [-0.3, -0.25) is 0 Å². The Morgan fingerprint density at radius 1 is 1.00 bits per heavy atom. The zero-order valence-corrected chi connectivity index (χ0v) is 9.30. The Morgan fingerprint density at radius 2 is 1.57 bits per heavy atom. The molecule has 0 unspecified atom stereocenters. The highest BCUT2D eigenvalue weighted by Gasteiger charge is 2.21. The molecular formula is C10H19ClN2O. The molecule has 0 aromatic heterocycles. The predicted molar refractivity (Wildman–Crippen MR) is 57.4 cm³/mol. The van der Waals surface area contributed by atoms with Crippen molar-refractivity contribution in [2.45, 2.75) is 37.8 Å². The third kappa shape index (κ3) is 3.09. The first-order chi connectivity index (χ1) is 6.84. The van der Waals surface area contributed by atoms with E-state index >= 15 is 0 Å². The number of rotatable bonds is 2. The lowest BCUT2D eigenvalue weighted by Gasteiger charge is -2.32. The van der Waals surface area contributed by atoms with Gasteiger partial charge in [0.1, 0.15) is 0 Å². The van der Waals surface area contributed by atoms with E-state index in [0.29, 0.717) is 12.1 Å². The molecular weight excluding hydrogens is 200 g/mol. The van der Waals surface area contributed by atoms with Crippen LogP contribution in [0.1, 0.15) is 25.7 Å². The Balaban J connectivity index is 1.68. The van der Waals surface area contributed by atoms with E-state index in [9.17, 15) is 0 Å². The lowest BCUT2D eigenvalue weighted by Crippen LogP contribution is -2.46. The van der Waals surface area contributed by atoms with E-state index in [1.54, 1.807) is 0 Å². The molecule has 2 heterocycles. The van der Waals surface area contributed by atoms with Gasteiger partial charge in [0.25, 0.3) is 0 Å². The van der Waals surface area contributed by atoms with Crippen LogP contribution in [0.4, 0.5) is 0 Å². The van der Waals surface area contributed by atoms with Crippen LogP contribution in [0, 0.1) is 0 Å². The van der Waals surface area contributed by atoms with Crippen molar-refractivity contribution in [1.29, 1.82) is 0 Å². The van der Waals surface area contributed by atoms with Crippen LogP contribution in [0.2, 0.25) is 0 Å². The number of ether oxygens (including phenoxy) is 1. The number of hydrogen-bond donors (Lipinski definition) is 1. The molecule has 0 bridgehead atoms. The van der Waals surface area contributed by atoms with Crippen LogP contribution in [0.3, 0.4) is 0 Å². The zero-order valence-electron chi connectivity index (χ0n) is 8.54. The van der Waals surface area contributed by atoms with Crippen LogP contribution in [0.5, 0.6) is 0 Å². The second-order valence-electron chi connectivity index (χ2n) is 4.24. The maximum absolute atomic E-state index is 5.91. The molecule has 0 amide bonds. The van der Waals surface area contributed by atoms with E-state index in [1.165, 1.54) is 25.7 Å². The van der Waals surface area contributed by atoms with Crippen LogP contribution in [-0.2, 0) is 4.74 Å². The van der Waals surface area contributed by atoms with Crippen molar-refractivity contribution in [3.8, 4) is 0 Å². The van der Waals surface area contributed by atoms with E-state index in [0.717, 1.165) is 26.3 Å². The first-order valence-electron chi connectivity index (χ1n) is 5.59. The number of hydrogen-bond acceptors (Lipinski definition) is 3. The minimum atomic E-state index is 0.674. The molecule has 82 valence electrons. The van der Waals surface area contributed by atoms with Crippen molar-refractivity contribution in [2.75, 3.05) is 26.3 Å². The standard InChI is InChI=1S/C10H19ClN2O/c11-13-5-1-9(2-6-13)12-10-3-7-14-8-4-10/h9-10,12H,1-8H2. The van der Waals surface area contributed by atoms with E-state index < -0.39 is 0 Å². The summed E-state index contributed by atoms with van der Waals surface area (Å²) in [6.45, 7) is 3.88. The summed E-state index contributed by atoms with van der Waals surface area (Å²) in [5, 5.41) is 3.71. The number of piperidine rings is 1. The summed E-state index contributed by atoms with van der Waals surface area (Å²) in [5.41, 5.74) is 0. The molecule has 4 heteroatoms. The molecule has 2 fully saturated rings. The average molecular weight is 219 g/mol. The van der Waals surface area contributed by atoms with E-state index in [1.807, 2.05) is 4.42 Å². The van der Waals surface area contributed by atoms with Crippen LogP contribution in [-0.4, -0.2) is 42.8 Å². The maximum Gasteiger partial charge on any atom is 0.0480 e. The summed E-state index contributed by atoms with van der Waals surface area (Å²) in [4.78, 5) is 0. The summed E-state index contributed by atoms with van der Waals surface area (Å²) in [5.74, 6) is 0. The summed E-state index contributed by atoms with van der Waals surface area (Å²) in [6, 6.07) is 1.35. The quantitative estimate of drug-likeness (QED) is 0.709. The molecule has 2 aliphatic rings. The summed E-state index contributed by atoms with van der Waals surface area (Å²) < 4.78 is 7.23. The Kier molecular flexibility index (Phi) is 4.05. The Labute approximate surface area is 90.9 Å². The fourth-order valence-corrected chi connectivity index (χ4v) is 2.41. The van der Waals surface area contributed by atoms with E-state index in [2.05, 4.69) is 5.32 Å². The summed E-state index contributed by atoms with van der Waals surface area (Å²) in [6.07, 6.45) is 4.70. The van der Waals surface area contributed by atoms with Gasteiger partial charge < -0.3 is 10.1 Å². The SMILES string of the molecule is ClN1CCC(NC2CCOCC2)CC1. The van der Waals surface area contributed by atoms with Gasteiger partial charge in [-0.15, -0.1) is 0 Å². The average Bonchev–Trinajstić information content (AvgIpc) is 2.23. The minimum absolute atomic E-state index is 0.674. The third-order valence-electron chi connectivity index (χ3n) is 3.13. The van der Waals surface area contributed by atoms with E-state index in [4.69, 9.17) is 16.5 Å². The molecule has 14 heavy (non-hydrogen) atoms. The molecule has 0 atom stereocenters. The van der Waals surface area contributed by atoms with Crippen LogP contribution in [0.15, 0.2) is 0 Å². The number of halogens is 1. The predicted octanol–water partition coefficient (Wildman–Crippen LogP) is 1.37. The van der Waals surface area contributed by atoms with Crippen LogP contribution in [0.25, 0.3) is 0 Å². The number of nitrogens with zero attached hydrogens (tertiary/aromatic N) is 1. The van der Waals surface area contributed by atoms with Crippen molar-refractivity contribution >= 4 is 11.8 Å². The van der Waals surface area contributed by atoms with Crippen molar-refractivity contribution in [1.82, 2.24) is 9.74 Å². The van der Waals surface area contributed by atoms with Crippen molar-refractivity contribution in [2.24, 2.45) is 0 Å². The first kappa shape index (κ1) is 10.7. The van der Waals surface area contributed by atoms with Crippen molar-refractivity contribution in [3.05, 3.63) is 0 Å². The molecule has 0 saturated carbocycles. The van der Waals surface area contributed by atoms with Gasteiger partial charge in [0.05, 0.1) is 0 Å². The van der Waals surface area contributed by atoms with Crippen LogP contribution < -0.4 is 5.32 Å². The third-order valence-corrected chi connectivity index (χ3v) is 3.47. The second kappa shape index (κ2) is 5.31. The van der Waals surface area contributed by atoms with E-state index in [-0.39, 0.29) is 0 Å².